The Kier molecular flexibility index (Phi) is 4.23. The molecular formula is C22H15NO4. The summed E-state index contributed by atoms with van der Waals surface area (Å²) in [6.45, 7) is 0. The minimum absolute atomic E-state index is 0.0758. The van der Waals surface area contributed by atoms with Crippen LogP contribution in [-0.4, -0.2) is 23.2 Å². The van der Waals surface area contributed by atoms with Crippen molar-refractivity contribution in [3.05, 3.63) is 78.4 Å². The van der Waals surface area contributed by atoms with Gasteiger partial charge in [0.25, 0.3) is 5.91 Å². The molecule has 2 N–H and O–H groups in total. The maximum absolute atomic E-state index is 11.9. The lowest BCUT2D eigenvalue weighted by atomic mass is 9.92. The Balaban J connectivity index is 1.78. The lowest BCUT2D eigenvalue weighted by molar-refractivity contribution is -0.123. The molecule has 0 radical (unpaired) electrons. The average Bonchev–Trinajstić information content (AvgIpc) is 2.99. The highest BCUT2D eigenvalue weighted by molar-refractivity contribution is 6.00. The van der Waals surface area contributed by atoms with Crippen molar-refractivity contribution in [2.75, 3.05) is 0 Å². The maximum Gasteiger partial charge on any atom is 0.414 e. The van der Waals surface area contributed by atoms with Crippen LogP contribution in [0, 0.1) is 12.1 Å². The second-order valence-electron chi connectivity index (χ2n) is 6.22. The number of amides is 2. The van der Waals surface area contributed by atoms with Gasteiger partial charge in [0.1, 0.15) is 5.75 Å². The van der Waals surface area contributed by atoms with Crippen LogP contribution >= 0.6 is 0 Å². The first kappa shape index (κ1) is 16.7. The normalized spacial score (nSPS) is 15.8. The van der Waals surface area contributed by atoms with Crippen LogP contribution < -0.4 is 5.32 Å². The molecule has 0 saturated carbocycles. The number of rotatable bonds is 4. The third-order valence-corrected chi connectivity index (χ3v) is 4.39. The largest absolute Gasteiger partial charge is 0.507 e. The predicted molar refractivity (Wildman–Crippen MR) is 98.8 cm³/mol. The van der Waals surface area contributed by atoms with Crippen LogP contribution in [0.25, 0.3) is 22.3 Å². The van der Waals surface area contributed by atoms with E-state index in [4.69, 9.17) is 4.74 Å². The van der Waals surface area contributed by atoms with Crippen molar-refractivity contribution in [3.8, 4) is 28.0 Å². The summed E-state index contributed by atoms with van der Waals surface area (Å²) in [7, 11) is 0. The minimum atomic E-state index is -0.886. The Labute approximate surface area is 156 Å². The number of hydrogen-bond acceptors (Lipinski definition) is 4. The van der Waals surface area contributed by atoms with Gasteiger partial charge in [0.15, 0.2) is 6.10 Å². The molecule has 1 aliphatic heterocycles. The molecule has 3 aromatic rings. The quantitative estimate of drug-likeness (QED) is 0.749. The molecule has 2 amide bonds. The molecule has 5 heteroatoms. The zero-order valence-electron chi connectivity index (χ0n) is 14.2. The van der Waals surface area contributed by atoms with Crippen molar-refractivity contribution in [2.45, 2.75) is 12.5 Å². The van der Waals surface area contributed by atoms with Gasteiger partial charge in [-0.2, -0.15) is 0 Å². The first-order valence-corrected chi connectivity index (χ1v) is 8.43. The summed E-state index contributed by atoms with van der Waals surface area (Å²) < 4.78 is 5.07. The Hall–Kier alpha value is -3.78. The zero-order chi connectivity index (χ0) is 18.8. The van der Waals surface area contributed by atoms with E-state index in [1.165, 1.54) is 6.07 Å². The maximum atomic E-state index is 11.9. The van der Waals surface area contributed by atoms with Crippen LogP contribution in [0.5, 0.6) is 5.75 Å². The van der Waals surface area contributed by atoms with Crippen LogP contribution in [0.1, 0.15) is 5.56 Å². The first-order chi connectivity index (χ1) is 13.1. The SMILES string of the molecule is O=C1NC(=O)C(Cc2cc(-c3ccccc3)ccc2-c2c#ccc(O)c2)O1. The molecule has 3 aromatic carbocycles. The van der Waals surface area contributed by atoms with Crippen LogP contribution in [0.2, 0.25) is 0 Å². The predicted octanol–water partition coefficient (Wildman–Crippen LogP) is 3.50. The number of hydrogen-bond donors (Lipinski definition) is 2. The molecule has 1 fully saturated rings. The molecular weight excluding hydrogens is 342 g/mol. The number of carbonyl (C=O) groups excluding carboxylic acids is 2. The molecule has 27 heavy (non-hydrogen) atoms. The number of benzene rings is 2. The van der Waals surface area contributed by atoms with Crippen LogP contribution in [0.3, 0.4) is 0 Å². The molecule has 1 unspecified atom stereocenters. The van der Waals surface area contributed by atoms with Crippen molar-refractivity contribution < 1.29 is 19.4 Å². The van der Waals surface area contributed by atoms with E-state index >= 15 is 0 Å². The molecule has 4 rings (SSSR count). The minimum Gasteiger partial charge on any atom is -0.507 e. The van der Waals surface area contributed by atoms with E-state index in [-0.39, 0.29) is 12.2 Å². The lowest BCUT2D eigenvalue weighted by Gasteiger charge is -2.14. The first-order valence-electron chi connectivity index (χ1n) is 8.43. The zero-order valence-corrected chi connectivity index (χ0v) is 14.2. The molecule has 132 valence electrons. The number of nitrogens with one attached hydrogen (secondary N) is 1. The summed E-state index contributed by atoms with van der Waals surface area (Å²) >= 11 is 0. The van der Waals surface area contributed by atoms with E-state index in [0.717, 1.165) is 22.3 Å². The van der Waals surface area contributed by atoms with Gasteiger partial charge in [-0.15, -0.1) is 0 Å². The van der Waals surface area contributed by atoms with Crippen LogP contribution in [0.15, 0.2) is 60.7 Å². The number of imide groups is 1. The van der Waals surface area contributed by atoms with Gasteiger partial charge in [0.2, 0.25) is 0 Å². The van der Waals surface area contributed by atoms with E-state index in [0.29, 0.717) is 5.56 Å². The lowest BCUT2D eigenvalue weighted by Crippen LogP contribution is -2.26. The molecule has 1 aliphatic rings. The van der Waals surface area contributed by atoms with E-state index < -0.39 is 18.1 Å². The number of carbonyl (C=O) groups is 2. The van der Waals surface area contributed by atoms with E-state index in [1.807, 2.05) is 48.5 Å². The smallest absolute Gasteiger partial charge is 0.414 e. The highest BCUT2D eigenvalue weighted by atomic mass is 16.6. The number of aromatic hydroxyl groups is 1. The number of cyclic esters (lactones) is 1. The third kappa shape index (κ3) is 3.46. The summed E-state index contributed by atoms with van der Waals surface area (Å²) in [5.41, 5.74) is 4.25. The molecule has 1 heterocycles. The molecule has 1 saturated heterocycles. The van der Waals surface area contributed by atoms with E-state index in [9.17, 15) is 14.7 Å². The molecule has 0 bridgehead atoms. The summed E-state index contributed by atoms with van der Waals surface area (Å²) in [5.74, 6) is -0.380. The Bertz CT molecular complexity index is 1010. The van der Waals surface area contributed by atoms with Crippen molar-refractivity contribution in [2.24, 2.45) is 0 Å². The fourth-order valence-corrected chi connectivity index (χ4v) is 3.12. The average molecular weight is 357 g/mol. The molecule has 5 nitrogen and oxygen atoms in total. The Morgan fingerprint density at radius 1 is 1.04 bits per heavy atom. The van der Waals surface area contributed by atoms with Gasteiger partial charge in [-0.3, -0.25) is 10.1 Å². The summed E-state index contributed by atoms with van der Waals surface area (Å²) in [6.07, 6.45) is -1.40. The van der Waals surface area contributed by atoms with Gasteiger partial charge in [-0.05, 0) is 28.3 Å². The highest BCUT2D eigenvalue weighted by Gasteiger charge is 2.32. The fourth-order valence-electron chi connectivity index (χ4n) is 3.12. The summed E-state index contributed by atoms with van der Waals surface area (Å²) in [6, 6.07) is 24.4. The van der Waals surface area contributed by atoms with Gasteiger partial charge >= 0.3 is 6.09 Å². The fraction of sp³-hybridized carbons (Fsp3) is 0.0909. The number of alkyl carbamates (subject to hydrolysis) is 1. The molecule has 0 aromatic heterocycles. The Morgan fingerprint density at radius 2 is 1.85 bits per heavy atom. The van der Waals surface area contributed by atoms with Crippen molar-refractivity contribution >= 4 is 12.0 Å². The topological polar surface area (TPSA) is 75.6 Å². The summed E-state index contributed by atoms with van der Waals surface area (Å²) in [4.78, 5) is 23.3. The van der Waals surface area contributed by atoms with Crippen molar-refractivity contribution in [3.63, 3.8) is 0 Å². The van der Waals surface area contributed by atoms with E-state index in [2.05, 4.69) is 17.4 Å². The van der Waals surface area contributed by atoms with Gasteiger partial charge in [-0.1, -0.05) is 60.7 Å². The monoisotopic (exact) mass is 357 g/mol. The van der Waals surface area contributed by atoms with Gasteiger partial charge in [0.05, 0.1) is 0 Å². The number of ether oxygens (including phenoxy) is 1. The Morgan fingerprint density at radius 3 is 2.56 bits per heavy atom. The second-order valence-corrected chi connectivity index (χ2v) is 6.22. The van der Waals surface area contributed by atoms with Gasteiger partial charge in [-0.25, -0.2) is 4.79 Å². The van der Waals surface area contributed by atoms with Crippen molar-refractivity contribution in [1.82, 2.24) is 5.32 Å². The van der Waals surface area contributed by atoms with Gasteiger partial charge in [0, 0.05) is 18.1 Å². The van der Waals surface area contributed by atoms with E-state index in [1.54, 1.807) is 6.07 Å². The summed E-state index contributed by atoms with van der Waals surface area (Å²) in [5, 5.41) is 11.9. The molecule has 0 aliphatic carbocycles. The van der Waals surface area contributed by atoms with Crippen molar-refractivity contribution in [1.29, 1.82) is 0 Å². The third-order valence-electron chi connectivity index (χ3n) is 4.39. The van der Waals surface area contributed by atoms with Crippen LogP contribution in [0.4, 0.5) is 4.79 Å². The van der Waals surface area contributed by atoms with Gasteiger partial charge < -0.3 is 9.84 Å². The molecule has 0 spiro atoms. The molecule has 1 atom stereocenters. The standard InChI is InChI=1S/C22H15NO4/c24-18-8-4-7-16(12-18)19-10-9-15(14-5-2-1-3-6-14)11-17(19)13-20-21(25)23-22(26)27-20/h1-3,5-6,8-12,20,24H,13H2,(H,23,25,26). The highest BCUT2D eigenvalue weighted by Crippen LogP contribution is 2.31. The van der Waals surface area contributed by atoms with Crippen LogP contribution in [-0.2, 0) is 16.0 Å². The second kappa shape index (κ2) is 6.85.